The summed E-state index contributed by atoms with van der Waals surface area (Å²) in [5.74, 6) is 0.630. The molecule has 0 saturated carbocycles. The average Bonchev–Trinajstić information content (AvgIpc) is 2.59. The lowest BCUT2D eigenvalue weighted by Crippen LogP contribution is -2.39. The van der Waals surface area contributed by atoms with Gasteiger partial charge in [0.1, 0.15) is 5.75 Å². The van der Waals surface area contributed by atoms with Crippen molar-refractivity contribution < 1.29 is 9.53 Å². The molecule has 2 atom stereocenters. The molecule has 2 aromatic carbocycles. The Morgan fingerprint density at radius 2 is 1.64 bits per heavy atom. The molecule has 2 aromatic rings. The quantitative estimate of drug-likeness (QED) is 0.802. The maximum absolute atomic E-state index is 12.6. The molecule has 0 aliphatic heterocycles. The molecule has 0 heterocycles. The van der Waals surface area contributed by atoms with Crippen LogP contribution in [-0.2, 0) is 10.2 Å². The van der Waals surface area contributed by atoms with E-state index < -0.39 is 6.10 Å². The maximum atomic E-state index is 12.6. The summed E-state index contributed by atoms with van der Waals surface area (Å²) in [6.07, 6.45) is 0.134. The average molecular weight is 339 g/mol. The summed E-state index contributed by atoms with van der Waals surface area (Å²) >= 11 is 0. The molecule has 0 aliphatic carbocycles. The number of rotatable bonds is 6. The van der Waals surface area contributed by atoms with Crippen molar-refractivity contribution >= 4 is 5.91 Å². The van der Waals surface area contributed by atoms with Crippen LogP contribution in [0.3, 0.4) is 0 Å². The number of carbonyl (C=O) groups excluding carboxylic acids is 1. The highest BCUT2D eigenvalue weighted by atomic mass is 16.5. The van der Waals surface area contributed by atoms with Crippen LogP contribution in [0.4, 0.5) is 0 Å². The predicted octanol–water partition coefficient (Wildman–Crippen LogP) is 5.02. The zero-order valence-electron chi connectivity index (χ0n) is 15.9. The number of amides is 1. The Morgan fingerprint density at radius 3 is 2.16 bits per heavy atom. The van der Waals surface area contributed by atoms with Gasteiger partial charge in [-0.25, -0.2) is 0 Å². The molecule has 0 radical (unpaired) electrons. The van der Waals surface area contributed by atoms with Crippen LogP contribution in [0.1, 0.15) is 58.2 Å². The molecule has 0 aromatic heterocycles. The van der Waals surface area contributed by atoms with Gasteiger partial charge in [0.15, 0.2) is 6.10 Å². The van der Waals surface area contributed by atoms with E-state index in [9.17, 15) is 4.79 Å². The molecule has 1 amide bonds. The monoisotopic (exact) mass is 339 g/mol. The van der Waals surface area contributed by atoms with Crippen molar-refractivity contribution in [2.75, 3.05) is 0 Å². The number of carbonyl (C=O) groups is 1. The number of hydrogen-bond donors (Lipinski definition) is 1. The lowest BCUT2D eigenvalue weighted by atomic mass is 9.86. The van der Waals surface area contributed by atoms with E-state index in [1.54, 1.807) is 0 Å². The fourth-order valence-corrected chi connectivity index (χ4v) is 2.65. The Bertz CT molecular complexity index is 671. The summed E-state index contributed by atoms with van der Waals surface area (Å²) in [5.41, 5.74) is 2.51. The van der Waals surface area contributed by atoms with Crippen LogP contribution in [0.2, 0.25) is 0 Å². The SMILES string of the molecule is CCC(Oc1ccccc1)C(=O)NC(C)c1ccc(C(C)(C)C)cc1. The van der Waals surface area contributed by atoms with Gasteiger partial charge in [0.2, 0.25) is 0 Å². The maximum Gasteiger partial charge on any atom is 0.261 e. The topological polar surface area (TPSA) is 38.3 Å². The zero-order chi connectivity index (χ0) is 18.4. The second-order valence-corrected chi connectivity index (χ2v) is 7.43. The van der Waals surface area contributed by atoms with Crippen molar-refractivity contribution in [3.8, 4) is 5.75 Å². The second kappa shape index (κ2) is 8.19. The van der Waals surface area contributed by atoms with Crippen LogP contribution in [0.25, 0.3) is 0 Å². The molecule has 0 aliphatic rings. The van der Waals surface area contributed by atoms with E-state index in [0.717, 1.165) is 5.56 Å². The molecule has 0 spiro atoms. The molecule has 0 bridgehead atoms. The van der Waals surface area contributed by atoms with E-state index >= 15 is 0 Å². The van der Waals surface area contributed by atoms with Crippen LogP contribution >= 0.6 is 0 Å². The van der Waals surface area contributed by atoms with Crippen LogP contribution in [0.15, 0.2) is 54.6 Å². The first kappa shape index (κ1) is 19.0. The van der Waals surface area contributed by atoms with Gasteiger partial charge in [0, 0.05) is 0 Å². The van der Waals surface area contributed by atoms with Crippen LogP contribution in [0, 0.1) is 0 Å². The Morgan fingerprint density at radius 1 is 1.04 bits per heavy atom. The van der Waals surface area contributed by atoms with Gasteiger partial charge in [-0.15, -0.1) is 0 Å². The number of para-hydroxylation sites is 1. The van der Waals surface area contributed by atoms with Crippen molar-refractivity contribution in [2.45, 2.75) is 58.6 Å². The van der Waals surface area contributed by atoms with Gasteiger partial charge in [-0.2, -0.15) is 0 Å². The fraction of sp³-hybridized carbons (Fsp3) is 0.409. The third-order valence-corrected chi connectivity index (χ3v) is 4.32. The lowest BCUT2D eigenvalue weighted by Gasteiger charge is -2.22. The summed E-state index contributed by atoms with van der Waals surface area (Å²) in [4.78, 5) is 12.6. The molecule has 0 fully saturated rings. The van der Waals surface area contributed by atoms with Crippen molar-refractivity contribution in [2.24, 2.45) is 0 Å². The minimum Gasteiger partial charge on any atom is -0.481 e. The van der Waals surface area contributed by atoms with E-state index in [1.165, 1.54) is 5.56 Å². The normalized spacial score (nSPS) is 13.8. The summed E-state index contributed by atoms with van der Waals surface area (Å²) < 4.78 is 5.81. The molecule has 25 heavy (non-hydrogen) atoms. The first-order valence-electron chi connectivity index (χ1n) is 8.93. The van der Waals surface area contributed by atoms with Gasteiger partial charge in [-0.05, 0) is 42.0 Å². The van der Waals surface area contributed by atoms with Crippen molar-refractivity contribution in [3.05, 3.63) is 65.7 Å². The van der Waals surface area contributed by atoms with Gasteiger partial charge >= 0.3 is 0 Å². The molecular formula is C22H29NO2. The molecule has 134 valence electrons. The molecule has 1 N–H and O–H groups in total. The number of ether oxygens (including phenoxy) is 1. The summed E-state index contributed by atoms with van der Waals surface area (Å²) in [6, 6.07) is 17.8. The standard InChI is InChI=1S/C22H29NO2/c1-6-20(25-19-10-8-7-9-11-19)21(24)23-16(2)17-12-14-18(15-13-17)22(3,4)5/h7-16,20H,6H2,1-5H3,(H,23,24). The molecule has 3 heteroatoms. The highest BCUT2D eigenvalue weighted by Crippen LogP contribution is 2.24. The van der Waals surface area contributed by atoms with E-state index in [-0.39, 0.29) is 17.4 Å². The first-order valence-corrected chi connectivity index (χ1v) is 8.93. The summed E-state index contributed by atoms with van der Waals surface area (Å²) in [6.45, 7) is 10.5. The van der Waals surface area contributed by atoms with E-state index in [2.05, 4.69) is 50.4 Å². The zero-order valence-corrected chi connectivity index (χ0v) is 15.9. The largest absolute Gasteiger partial charge is 0.481 e. The van der Waals surface area contributed by atoms with Gasteiger partial charge in [-0.3, -0.25) is 4.79 Å². The molecule has 2 rings (SSSR count). The first-order chi connectivity index (χ1) is 11.8. The summed E-state index contributed by atoms with van der Waals surface area (Å²) in [5, 5.41) is 3.06. The van der Waals surface area contributed by atoms with Crippen molar-refractivity contribution in [1.29, 1.82) is 0 Å². The third-order valence-electron chi connectivity index (χ3n) is 4.32. The molecule has 0 saturated heterocycles. The molecule has 3 nitrogen and oxygen atoms in total. The number of hydrogen-bond acceptors (Lipinski definition) is 2. The minimum atomic E-state index is -0.487. The Labute approximate surface area is 151 Å². The van der Waals surface area contributed by atoms with Crippen molar-refractivity contribution in [3.63, 3.8) is 0 Å². The van der Waals surface area contributed by atoms with E-state index in [0.29, 0.717) is 12.2 Å². The Kier molecular flexibility index (Phi) is 6.24. The van der Waals surface area contributed by atoms with E-state index in [4.69, 9.17) is 4.74 Å². The third kappa shape index (κ3) is 5.35. The van der Waals surface area contributed by atoms with Gasteiger partial charge in [-0.1, -0.05) is 70.2 Å². The van der Waals surface area contributed by atoms with Crippen LogP contribution < -0.4 is 10.1 Å². The van der Waals surface area contributed by atoms with Gasteiger partial charge in [0.05, 0.1) is 6.04 Å². The highest BCUT2D eigenvalue weighted by Gasteiger charge is 2.21. The van der Waals surface area contributed by atoms with Crippen LogP contribution in [0.5, 0.6) is 5.75 Å². The van der Waals surface area contributed by atoms with Gasteiger partial charge < -0.3 is 10.1 Å². The highest BCUT2D eigenvalue weighted by molar-refractivity contribution is 5.81. The second-order valence-electron chi connectivity index (χ2n) is 7.43. The lowest BCUT2D eigenvalue weighted by molar-refractivity contribution is -0.128. The Hall–Kier alpha value is -2.29. The molecule has 2 unspecified atom stereocenters. The number of benzene rings is 2. The summed E-state index contributed by atoms with van der Waals surface area (Å²) in [7, 11) is 0. The van der Waals surface area contributed by atoms with Gasteiger partial charge in [0.25, 0.3) is 5.91 Å². The minimum absolute atomic E-state index is 0.0602. The molecular weight excluding hydrogens is 310 g/mol. The fourth-order valence-electron chi connectivity index (χ4n) is 2.65. The van der Waals surface area contributed by atoms with Crippen LogP contribution in [-0.4, -0.2) is 12.0 Å². The van der Waals surface area contributed by atoms with Crippen molar-refractivity contribution in [1.82, 2.24) is 5.32 Å². The number of nitrogens with one attached hydrogen (secondary N) is 1. The smallest absolute Gasteiger partial charge is 0.261 e. The van der Waals surface area contributed by atoms with E-state index in [1.807, 2.05) is 44.2 Å². The predicted molar refractivity (Wildman–Crippen MR) is 103 cm³/mol. The Balaban J connectivity index is 2.00.